The molecule has 0 amide bonds. The monoisotopic (exact) mass is 183 g/mol. The van der Waals surface area contributed by atoms with Gasteiger partial charge in [0, 0.05) is 12.6 Å². The maximum absolute atomic E-state index is 5.21. The molecule has 0 atom stereocenters. The number of rotatable bonds is 4. The van der Waals surface area contributed by atoms with E-state index < -0.39 is 0 Å². The zero-order chi connectivity index (χ0) is 9.84. The molecule has 0 aliphatic carbocycles. The summed E-state index contributed by atoms with van der Waals surface area (Å²) in [5.41, 5.74) is 1.01. The number of nitrogens with zero attached hydrogens (tertiary/aromatic N) is 2. The number of ether oxygens (including phenoxy) is 1. The van der Waals surface area contributed by atoms with Crippen molar-refractivity contribution in [1.82, 2.24) is 15.1 Å². The van der Waals surface area contributed by atoms with Crippen LogP contribution in [0.4, 0.5) is 0 Å². The first kappa shape index (κ1) is 10.1. The fourth-order valence-corrected chi connectivity index (χ4v) is 1.22. The van der Waals surface area contributed by atoms with Crippen molar-refractivity contribution in [2.45, 2.75) is 26.4 Å². The topological polar surface area (TPSA) is 39.1 Å². The van der Waals surface area contributed by atoms with Crippen molar-refractivity contribution >= 4 is 0 Å². The number of hydrogen-bond donors (Lipinski definition) is 1. The fraction of sp³-hybridized carbons (Fsp3) is 0.667. The molecule has 1 heterocycles. The Bertz CT molecular complexity index is 268. The van der Waals surface area contributed by atoms with Crippen molar-refractivity contribution in [3.63, 3.8) is 0 Å². The molecule has 0 saturated heterocycles. The van der Waals surface area contributed by atoms with E-state index in [9.17, 15) is 0 Å². The average Bonchev–Trinajstić information content (AvgIpc) is 2.48. The van der Waals surface area contributed by atoms with Crippen LogP contribution in [-0.2, 0) is 6.54 Å². The van der Waals surface area contributed by atoms with Gasteiger partial charge in [-0.15, -0.1) is 0 Å². The van der Waals surface area contributed by atoms with Gasteiger partial charge in [0.15, 0.2) is 0 Å². The number of nitrogens with one attached hydrogen (secondary N) is 1. The first-order valence-electron chi connectivity index (χ1n) is 4.46. The summed E-state index contributed by atoms with van der Waals surface area (Å²) in [6.07, 6.45) is 0. The van der Waals surface area contributed by atoms with Crippen LogP contribution in [-0.4, -0.2) is 23.9 Å². The number of hydrogen-bond acceptors (Lipinski definition) is 3. The molecule has 0 aliphatic rings. The Morgan fingerprint density at radius 3 is 2.69 bits per heavy atom. The summed E-state index contributed by atoms with van der Waals surface area (Å²) < 4.78 is 7.09. The summed E-state index contributed by atoms with van der Waals surface area (Å²) in [6, 6.07) is 2.29. The lowest BCUT2D eigenvalue weighted by Gasteiger charge is -2.08. The Hall–Kier alpha value is -1.03. The lowest BCUT2D eigenvalue weighted by atomic mass is 10.4. The third-order valence-electron chi connectivity index (χ3n) is 1.81. The predicted molar refractivity (Wildman–Crippen MR) is 51.9 cm³/mol. The summed E-state index contributed by atoms with van der Waals surface area (Å²) >= 11 is 0. The smallest absolute Gasteiger partial charge is 0.211 e. The Morgan fingerprint density at radius 2 is 2.31 bits per heavy atom. The van der Waals surface area contributed by atoms with Crippen molar-refractivity contribution in [2.24, 2.45) is 0 Å². The van der Waals surface area contributed by atoms with E-state index in [-0.39, 0.29) is 0 Å². The summed E-state index contributed by atoms with van der Waals surface area (Å²) in [5, 5.41) is 7.46. The minimum absolute atomic E-state index is 0.334. The van der Waals surface area contributed by atoms with E-state index in [1.165, 1.54) is 0 Å². The summed E-state index contributed by atoms with van der Waals surface area (Å²) in [4.78, 5) is 0. The van der Waals surface area contributed by atoms with E-state index >= 15 is 0 Å². The maximum atomic E-state index is 5.21. The molecule has 4 heteroatoms. The van der Waals surface area contributed by atoms with Crippen LogP contribution in [0.1, 0.15) is 25.6 Å². The second-order valence-electron chi connectivity index (χ2n) is 3.25. The van der Waals surface area contributed by atoms with Crippen LogP contribution in [0.5, 0.6) is 5.88 Å². The van der Waals surface area contributed by atoms with Crippen LogP contribution in [0.3, 0.4) is 0 Å². The van der Waals surface area contributed by atoms with E-state index in [0.29, 0.717) is 6.04 Å². The normalized spacial score (nSPS) is 10.8. The minimum Gasteiger partial charge on any atom is -0.481 e. The lowest BCUT2D eigenvalue weighted by molar-refractivity contribution is 0.345. The zero-order valence-electron chi connectivity index (χ0n) is 8.66. The van der Waals surface area contributed by atoms with Gasteiger partial charge in [0.2, 0.25) is 5.88 Å². The van der Waals surface area contributed by atoms with Gasteiger partial charge in [-0.3, -0.25) is 0 Å². The van der Waals surface area contributed by atoms with Gasteiger partial charge in [-0.05, 0) is 20.9 Å². The first-order valence-corrected chi connectivity index (χ1v) is 4.46. The van der Waals surface area contributed by atoms with Gasteiger partial charge in [0.05, 0.1) is 18.8 Å². The molecule has 0 fully saturated rings. The van der Waals surface area contributed by atoms with Gasteiger partial charge < -0.3 is 10.1 Å². The van der Waals surface area contributed by atoms with Crippen LogP contribution >= 0.6 is 0 Å². The minimum atomic E-state index is 0.334. The Morgan fingerprint density at radius 1 is 1.62 bits per heavy atom. The first-order chi connectivity index (χ1) is 6.19. The predicted octanol–water partition coefficient (Wildman–Crippen LogP) is 1.19. The molecule has 0 aromatic carbocycles. The van der Waals surface area contributed by atoms with Gasteiger partial charge in [-0.1, -0.05) is 0 Å². The molecule has 1 rings (SSSR count). The summed E-state index contributed by atoms with van der Waals surface area (Å²) in [7, 11) is 3.57. The Balaban J connectivity index is 2.90. The van der Waals surface area contributed by atoms with E-state index in [2.05, 4.69) is 24.3 Å². The largest absolute Gasteiger partial charge is 0.481 e. The van der Waals surface area contributed by atoms with Crippen LogP contribution in [0.15, 0.2) is 6.07 Å². The highest BCUT2D eigenvalue weighted by Crippen LogP contribution is 2.17. The van der Waals surface area contributed by atoms with Crippen molar-refractivity contribution in [2.75, 3.05) is 14.2 Å². The average molecular weight is 183 g/mol. The number of methoxy groups -OCH3 is 1. The molecule has 0 bridgehead atoms. The molecular formula is C9H17N3O. The third kappa shape index (κ3) is 2.21. The summed E-state index contributed by atoms with van der Waals surface area (Å²) in [5.74, 6) is 0.820. The van der Waals surface area contributed by atoms with E-state index in [1.54, 1.807) is 7.11 Å². The zero-order valence-corrected chi connectivity index (χ0v) is 8.66. The van der Waals surface area contributed by atoms with Crippen molar-refractivity contribution in [1.29, 1.82) is 0 Å². The molecule has 0 aliphatic heterocycles. The second-order valence-corrected chi connectivity index (χ2v) is 3.25. The van der Waals surface area contributed by atoms with E-state index in [0.717, 1.165) is 18.1 Å². The molecule has 74 valence electrons. The second kappa shape index (κ2) is 4.28. The van der Waals surface area contributed by atoms with Gasteiger partial charge in [0.25, 0.3) is 0 Å². The molecule has 0 radical (unpaired) electrons. The molecule has 1 aromatic heterocycles. The molecule has 0 unspecified atom stereocenters. The summed E-state index contributed by atoms with van der Waals surface area (Å²) in [6.45, 7) is 4.94. The standard InChI is InChI=1S/C9H17N3O/c1-7(2)12-9(13-4)5-8(11-12)6-10-3/h5,7,10H,6H2,1-4H3. The highest BCUT2D eigenvalue weighted by Gasteiger charge is 2.09. The molecule has 4 nitrogen and oxygen atoms in total. The molecule has 13 heavy (non-hydrogen) atoms. The SMILES string of the molecule is CNCc1cc(OC)n(C(C)C)n1. The Labute approximate surface area is 78.9 Å². The third-order valence-corrected chi connectivity index (χ3v) is 1.81. The lowest BCUT2D eigenvalue weighted by Crippen LogP contribution is -2.08. The molecule has 1 aromatic rings. The van der Waals surface area contributed by atoms with E-state index in [1.807, 2.05) is 17.8 Å². The van der Waals surface area contributed by atoms with Gasteiger partial charge in [-0.2, -0.15) is 5.10 Å². The fourth-order valence-electron chi connectivity index (χ4n) is 1.22. The maximum Gasteiger partial charge on any atom is 0.211 e. The highest BCUT2D eigenvalue weighted by atomic mass is 16.5. The van der Waals surface area contributed by atoms with Crippen molar-refractivity contribution in [3.05, 3.63) is 11.8 Å². The highest BCUT2D eigenvalue weighted by molar-refractivity contribution is 5.16. The Kier molecular flexibility index (Phi) is 3.31. The van der Waals surface area contributed by atoms with Crippen LogP contribution in [0.25, 0.3) is 0 Å². The van der Waals surface area contributed by atoms with Gasteiger partial charge in [-0.25, -0.2) is 4.68 Å². The van der Waals surface area contributed by atoms with Crippen LogP contribution in [0, 0.1) is 0 Å². The quantitative estimate of drug-likeness (QED) is 0.762. The van der Waals surface area contributed by atoms with E-state index in [4.69, 9.17) is 4.74 Å². The molecule has 1 N–H and O–H groups in total. The molecule has 0 saturated carbocycles. The van der Waals surface area contributed by atoms with Crippen LogP contribution in [0.2, 0.25) is 0 Å². The van der Waals surface area contributed by atoms with Crippen LogP contribution < -0.4 is 10.1 Å². The van der Waals surface area contributed by atoms with Crippen molar-refractivity contribution in [3.8, 4) is 5.88 Å². The van der Waals surface area contributed by atoms with Gasteiger partial charge in [0.1, 0.15) is 0 Å². The number of aromatic nitrogens is 2. The molecular weight excluding hydrogens is 166 g/mol. The van der Waals surface area contributed by atoms with Gasteiger partial charge >= 0.3 is 0 Å². The molecule has 0 spiro atoms. The van der Waals surface area contributed by atoms with Crippen molar-refractivity contribution < 1.29 is 4.74 Å².